The van der Waals surface area contributed by atoms with Crippen molar-refractivity contribution in [3.05, 3.63) is 78.6 Å². The molecule has 0 aliphatic rings. The summed E-state index contributed by atoms with van der Waals surface area (Å²) < 4.78 is 27.1. The van der Waals surface area contributed by atoms with Gasteiger partial charge in [-0.3, -0.25) is 4.79 Å². The van der Waals surface area contributed by atoms with Crippen molar-refractivity contribution in [1.29, 1.82) is 0 Å². The SMILES string of the molecule is C=CCn1c(CS(=O)(=O)c2ccccc2)nnc1SCC(=O)Nc1ccc(C(C)C)cc1. The van der Waals surface area contributed by atoms with E-state index in [1.807, 2.05) is 24.3 Å². The first-order valence-electron chi connectivity index (χ1n) is 10.1. The minimum Gasteiger partial charge on any atom is -0.325 e. The number of allylic oxidation sites excluding steroid dienone is 1. The molecule has 0 aliphatic heterocycles. The molecule has 9 heteroatoms. The average Bonchev–Trinajstić information content (AvgIpc) is 3.14. The zero-order valence-corrected chi connectivity index (χ0v) is 19.7. The van der Waals surface area contributed by atoms with Crippen LogP contribution in [0.2, 0.25) is 0 Å². The Morgan fingerprint density at radius 1 is 1.12 bits per heavy atom. The Balaban J connectivity index is 1.67. The second-order valence-corrected chi connectivity index (χ2v) is 10.4. The van der Waals surface area contributed by atoms with Crippen LogP contribution >= 0.6 is 11.8 Å². The first-order chi connectivity index (χ1) is 15.3. The van der Waals surface area contributed by atoms with Crippen molar-refractivity contribution in [3.8, 4) is 0 Å². The van der Waals surface area contributed by atoms with E-state index < -0.39 is 9.84 Å². The van der Waals surface area contributed by atoms with Gasteiger partial charge in [0.05, 0.1) is 10.6 Å². The third-order valence-corrected chi connectivity index (χ3v) is 7.32. The van der Waals surface area contributed by atoms with Gasteiger partial charge in [-0.2, -0.15) is 0 Å². The van der Waals surface area contributed by atoms with Gasteiger partial charge in [0.1, 0.15) is 11.6 Å². The molecule has 3 aromatic rings. The predicted molar refractivity (Wildman–Crippen MR) is 127 cm³/mol. The number of amides is 1. The molecule has 1 amide bonds. The van der Waals surface area contributed by atoms with Gasteiger partial charge in [-0.25, -0.2) is 8.42 Å². The van der Waals surface area contributed by atoms with Gasteiger partial charge in [-0.1, -0.05) is 62.0 Å². The van der Waals surface area contributed by atoms with Crippen LogP contribution in [0.5, 0.6) is 0 Å². The maximum atomic E-state index is 12.7. The van der Waals surface area contributed by atoms with Crippen LogP contribution in [0, 0.1) is 0 Å². The number of anilines is 1. The molecule has 0 atom stereocenters. The van der Waals surface area contributed by atoms with E-state index in [1.54, 1.807) is 41.0 Å². The number of hydrogen-bond acceptors (Lipinski definition) is 6. The van der Waals surface area contributed by atoms with E-state index in [-0.39, 0.29) is 22.3 Å². The van der Waals surface area contributed by atoms with Crippen LogP contribution in [0.25, 0.3) is 0 Å². The molecular weight excluding hydrogens is 444 g/mol. The highest BCUT2D eigenvalue weighted by Crippen LogP contribution is 2.22. The summed E-state index contributed by atoms with van der Waals surface area (Å²) in [4.78, 5) is 12.6. The lowest BCUT2D eigenvalue weighted by Crippen LogP contribution is -2.15. The molecule has 0 radical (unpaired) electrons. The van der Waals surface area contributed by atoms with E-state index in [2.05, 4.69) is 35.9 Å². The average molecular weight is 471 g/mol. The molecule has 1 heterocycles. The van der Waals surface area contributed by atoms with Crippen LogP contribution in [0.3, 0.4) is 0 Å². The van der Waals surface area contributed by atoms with E-state index in [1.165, 1.54) is 17.3 Å². The first kappa shape index (κ1) is 23.7. The van der Waals surface area contributed by atoms with Gasteiger partial charge >= 0.3 is 0 Å². The highest BCUT2D eigenvalue weighted by atomic mass is 32.2. The number of benzene rings is 2. The lowest BCUT2D eigenvalue weighted by Gasteiger charge is -2.10. The largest absolute Gasteiger partial charge is 0.325 e. The summed E-state index contributed by atoms with van der Waals surface area (Å²) in [5.41, 5.74) is 1.93. The number of nitrogens with zero attached hydrogens (tertiary/aromatic N) is 3. The second kappa shape index (κ2) is 10.6. The second-order valence-electron chi connectivity index (χ2n) is 7.48. The fraction of sp³-hybridized carbons (Fsp3) is 0.261. The van der Waals surface area contributed by atoms with Gasteiger partial charge in [0.25, 0.3) is 0 Å². The molecule has 32 heavy (non-hydrogen) atoms. The standard InChI is InChI=1S/C23H26N4O3S2/c1-4-14-27-21(16-32(29,30)20-8-6-5-7-9-20)25-26-23(27)31-15-22(28)24-19-12-10-18(11-13-19)17(2)3/h4-13,17H,1,14-16H2,2-3H3,(H,24,28). The Morgan fingerprint density at radius 3 is 2.44 bits per heavy atom. The maximum absolute atomic E-state index is 12.7. The lowest BCUT2D eigenvalue weighted by atomic mass is 10.0. The van der Waals surface area contributed by atoms with E-state index in [0.29, 0.717) is 23.4 Å². The zero-order chi connectivity index (χ0) is 23.1. The van der Waals surface area contributed by atoms with Crippen molar-refractivity contribution < 1.29 is 13.2 Å². The Bertz CT molecular complexity index is 1170. The molecule has 168 valence electrons. The molecule has 2 aromatic carbocycles. The summed E-state index contributed by atoms with van der Waals surface area (Å²) in [7, 11) is -3.57. The number of rotatable bonds is 10. The molecular formula is C23H26N4O3S2. The van der Waals surface area contributed by atoms with E-state index in [9.17, 15) is 13.2 Å². The van der Waals surface area contributed by atoms with Crippen molar-refractivity contribution in [2.45, 2.75) is 42.1 Å². The predicted octanol–water partition coefficient (Wildman–Crippen LogP) is 4.29. The van der Waals surface area contributed by atoms with E-state index in [4.69, 9.17) is 0 Å². The number of carbonyl (C=O) groups excluding carboxylic acids is 1. The Kier molecular flexibility index (Phi) is 7.87. The van der Waals surface area contributed by atoms with Crippen molar-refractivity contribution in [3.63, 3.8) is 0 Å². The molecule has 0 fully saturated rings. The quantitative estimate of drug-likeness (QED) is 0.351. The Labute approximate surface area is 192 Å². The molecule has 0 aliphatic carbocycles. The number of hydrogen-bond donors (Lipinski definition) is 1. The van der Waals surface area contributed by atoms with Crippen molar-refractivity contribution in [1.82, 2.24) is 14.8 Å². The fourth-order valence-electron chi connectivity index (χ4n) is 3.00. The van der Waals surface area contributed by atoms with Gasteiger partial charge < -0.3 is 9.88 Å². The van der Waals surface area contributed by atoms with Gasteiger partial charge in [-0.15, -0.1) is 16.8 Å². The van der Waals surface area contributed by atoms with Gasteiger partial charge in [-0.05, 0) is 35.7 Å². The third kappa shape index (κ3) is 6.08. The van der Waals surface area contributed by atoms with Crippen molar-refractivity contribution in [2.75, 3.05) is 11.1 Å². The number of nitrogens with one attached hydrogen (secondary N) is 1. The summed E-state index contributed by atoms with van der Waals surface area (Å²) in [6.45, 7) is 8.30. The third-order valence-electron chi connectivity index (χ3n) is 4.72. The van der Waals surface area contributed by atoms with Gasteiger partial charge in [0.2, 0.25) is 5.91 Å². The summed E-state index contributed by atoms with van der Waals surface area (Å²) in [5.74, 6) is 0.380. The fourth-order valence-corrected chi connectivity index (χ4v) is 5.06. The molecule has 0 saturated carbocycles. The summed E-state index contributed by atoms with van der Waals surface area (Å²) >= 11 is 1.20. The lowest BCUT2D eigenvalue weighted by molar-refractivity contribution is -0.113. The highest BCUT2D eigenvalue weighted by molar-refractivity contribution is 7.99. The summed E-state index contributed by atoms with van der Waals surface area (Å²) in [6, 6.07) is 16.0. The van der Waals surface area contributed by atoms with Crippen LogP contribution in [-0.4, -0.2) is 34.8 Å². The normalized spacial score (nSPS) is 11.5. The maximum Gasteiger partial charge on any atom is 0.234 e. The molecule has 7 nitrogen and oxygen atoms in total. The smallest absolute Gasteiger partial charge is 0.234 e. The summed E-state index contributed by atoms with van der Waals surface area (Å²) in [5, 5.41) is 11.5. The number of carbonyl (C=O) groups is 1. The molecule has 1 aromatic heterocycles. The van der Waals surface area contributed by atoms with Crippen LogP contribution < -0.4 is 5.32 Å². The van der Waals surface area contributed by atoms with Crippen molar-refractivity contribution in [2.24, 2.45) is 0 Å². The molecule has 0 unspecified atom stereocenters. The van der Waals surface area contributed by atoms with Crippen LogP contribution in [0.15, 0.2) is 77.3 Å². The molecule has 0 saturated heterocycles. The topological polar surface area (TPSA) is 93.9 Å². The minimum atomic E-state index is -3.57. The molecule has 1 N–H and O–H groups in total. The molecule has 3 rings (SSSR count). The van der Waals surface area contributed by atoms with Crippen LogP contribution in [0.1, 0.15) is 31.2 Å². The first-order valence-corrected chi connectivity index (χ1v) is 12.8. The van der Waals surface area contributed by atoms with Gasteiger partial charge in [0, 0.05) is 12.2 Å². The Morgan fingerprint density at radius 2 is 1.81 bits per heavy atom. The van der Waals surface area contributed by atoms with Crippen LogP contribution in [-0.2, 0) is 26.9 Å². The highest BCUT2D eigenvalue weighted by Gasteiger charge is 2.21. The van der Waals surface area contributed by atoms with E-state index >= 15 is 0 Å². The number of sulfone groups is 1. The molecule has 0 bridgehead atoms. The zero-order valence-electron chi connectivity index (χ0n) is 18.1. The number of aromatic nitrogens is 3. The minimum absolute atomic E-state index is 0.118. The number of thioether (sulfide) groups is 1. The van der Waals surface area contributed by atoms with E-state index in [0.717, 1.165) is 5.69 Å². The molecule has 0 spiro atoms. The van der Waals surface area contributed by atoms with Crippen LogP contribution in [0.4, 0.5) is 5.69 Å². The van der Waals surface area contributed by atoms with Gasteiger partial charge in [0.15, 0.2) is 15.0 Å². The Hall–Kier alpha value is -2.91. The monoisotopic (exact) mass is 470 g/mol. The van der Waals surface area contributed by atoms with Crippen molar-refractivity contribution >= 4 is 33.2 Å². The summed E-state index contributed by atoms with van der Waals surface area (Å²) in [6.07, 6.45) is 1.64.